The van der Waals surface area contributed by atoms with E-state index in [1.54, 1.807) is 0 Å². The molecule has 5 heteroatoms. The van der Waals surface area contributed by atoms with Crippen LogP contribution in [0.2, 0.25) is 0 Å². The van der Waals surface area contributed by atoms with Gasteiger partial charge in [0.05, 0.1) is 20.3 Å². The number of methoxy groups -OCH3 is 2. The quantitative estimate of drug-likeness (QED) is 0.432. The van der Waals surface area contributed by atoms with Crippen LogP contribution in [0.25, 0.3) is 0 Å². The molecule has 2 rings (SSSR count). The molecule has 1 aliphatic carbocycles. The second-order valence-electron chi connectivity index (χ2n) is 6.22. The molecule has 0 N–H and O–H groups in total. The van der Waals surface area contributed by atoms with Crippen LogP contribution in [0.5, 0.6) is 0 Å². The molecule has 0 spiro atoms. The van der Waals surface area contributed by atoms with E-state index in [-0.39, 0.29) is 6.04 Å². The van der Waals surface area contributed by atoms with Gasteiger partial charge in [-0.05, 0) is 31.5 Å². The van der Waals surface area contributed by atoms with E-state index in [4.69, 9.17) is 9.47 Å². The lowest BCUT2D eigenvalue weighted by Gasteiger charge is -2.39. The number of hydrogen-bond acceptors (Lipinski definition) is 5. The summed E-state index contributed by atoms with van der Waals surface area (Å²) in [4.78, 5) is 27.5. The Hall–Kier alpha value is -2.14. The van der Waals surface area contributed by atoms with Gasteiger partial charge in [-0.1, -0.05) is 55.8 Å². The number of hydrogen-bond donors (Lipinski definition) is 0. The van der Waals surface area contributed by atoms with Gasteiger partial charge in [0.15, 0.2) is 5.41 Å². The minimum absolute atomic E-state index is 0.301. The van der Waals surface area contributed by atoms with Gasteiger partial charge in [-0.25, -0.2) is 0 Å². The molecule has 0 saturated heterocycles. The van der Waals surface area contributed by atoms with Gasteiger partial charge in [0.1, 0.15) is 0 Å². The lowest BCUT2D eigenvalue weighted by atomic mass is 9.78. The van der Waals surface area contributed by atoms with Crippen molar-refractivity contribution in [3.05, 3.63) is 47.5 Å². The number of benzene rings is 1. The number of carbonyl (C=O) groups excluding carboxylic acids is 2. The van der Waals surface area contributed by atoms with Gasteiger partial charge in [0.2, 0.25) is 0 Å². The zero-order valence-corrected chi connectivity index (χ0v) is 15.5. The summed E-state index contributed by atoms with van der Waals surface area (Å²) >= 11 is 0. The second-order valence-corrected chi connectivity index (χ2v) is 6.22. The standard InChI is InChI=1S/C20H27NO4/c1-5-21(6-2)17-16(14-15-10-8-7-9-11-15)12-13-20(17,18(22)24-3)19(23)25-4/h7-12,17H,5-6,13-14H2,1-4H3. The number of likely N-dealkylation sites (N-methyl/N-ethyl adjacent to an activating group) is 1. The van der Waals surface area contributed by atoms with Crippen molar-refractivity contribution in [2.75, 3.05) is 27.3 Å². The maximum atomic E-state index is 12.7. The Kier molecular flexibility index (Phi) is 6.37. The predicted octanol–water partition coefficient (Wildman–Crippen LogP) is 2.60. The van der Waals surface area contributed by atoms with Gasteiger partial charge in [-0.2, -0.15) is 0 Å². The van der Waals surface area contributed by atoms with Crippen LogP contribution in [0.4, 0.5) is 0 Å². The summed E-state index contributed by atoms with van der Waals surface area (Å²) in [5.74, 6) is -1.06. The molecule has 0 aromatic heterocycles. The Morgan fingerprint density at radius 3 is 2.12 bits per heavy atom. The highest BCUT2D eigenvalue weighted by Crippen LogP contribution is 2.44. The third-order valence-corrected chi connectivity index (χ3v) is 5.03. The minimum atomic E-state index is -1.33. The molecule has 136 valence electrons. The first-order valence-corrected chi connectivity index (χ1v) is 8.68. The number of carbonyl (C=O) groups is 2. The number of ether oxygens (including phenoxy) is 2. The molecule has 25 heavy (non-hydrogen) atoms. The van der Waals surface area contributed by atoms with Gasteiger partial charge < -0.3 is 9.47 Å². The molecule has 0 amide bonds. The number of nitrogens with zero attached hydrogens (tertiary/aromatic N) is 1. The first kappa shape index (κ1) is 19.2. The highest BCUT2D eigenvalue weighted by molar-refractivity contribution is 6.02. The molecular formula is C20H27NO4. The van der Waals surface area contributed by atoms with Crippen molar-refractivity contribution >= 4 is 11.9 Å². The van der Waals surface area contributed by atoms with Gasteiger partial charge >= 0.3 is 11.9 Å². The third kappa shape index (κ3) is 3.47. The zero-order chi connectivity index (χ0) is 18.4. The zero-order valence-electron chi connectivity index (χ0n) is 15.5. The molecule has 0 fully saturated rings. The Labute approximate surface area is 149 Å². The van der Waals surface area contributed by atoms with E-state index in [1.807, 2.05) is 38.1 Å². The lowest BCUT2D eigenvalue weighted by Crippen LogP contribution is -2.55. The molecule has 0 heterocycles. The molecule has 1 unspecified atom stereocenters. The van der Waals surface area contributed by atoms with E-state index in [0.29, 0.717) is 12.8 Å². The molecule has 0 radical (unpaired) electrons. The van der Waals surface area contributed by atoms with Crippen LogP contribution in [0.15, 0.2) is 42.0 Å². The van der Waals surface area contributed by atoms with E-state index in [9.17, 15) is 9.59 Å². The van der Waals surface area contributed by atoms with Crippen molar-refractivity contribution in [1.82, 2.24) is 4.90 Å². The van der Waals surface area contributed by atoms with Gasteiger partial charge in [0, 0.05) is 0 Å². The maximum Gasteiger partial charge on any atom is 0.325 e. The van der Waals surface area contributed by atoms with Crippen LogP contribution in [-0.4, -0.2) is 50.2 Å². The first-order chi connectivity index (χ1) is 12.0. The summed E-state index contributed by atoms with van der Waals surface area (Å²) in [7, 11) is 2.64. The molecule has 0 aliphatic heterocycles. The van der Waals surface area contributed by atoms with Crippen molar-refractivity contribution in [3.8, 4) is 0 Å². The third-order valence-electron chi connectivity index (χ3n) is 5.03. The van der Waals surface area contributed by atoms with Crippen molar-refractivity contribution in [1.29, 1.82) is 0 Å². The molecule has 0 bridgehead atoms. The van der Waals surface area contributed by atoms with Gasteiger partial charge in [-0.15, -0.1) is 0 Å². The maximum absolute atomic E-state index is 12.7. The molecule has 5 nitrogen and oxygen atoms in total. The summed E-state index contributed by atoms with van der Waals surface area (Å²) in [6.07, 6.45) is 3.00. The van der Waals surface area contributed by atoms with Crippen molar-refractivity contribution in [3.63, 3.8) is 0 Å². The fourth-order valence-corrected chi connectivity index (χ4v) is 3.80. The number of esters is 2. The molecule has 0 saturated carbocycles. The highest BCUT2D eigenvalue weighted by Gasteiger charge is 2.59. The van der Waals surface area contributed by atoms with Crippen molar-refractivity contribution in [2.24, 2.45) is 5.41 Å². The molecule has 1 aromatic rings. The second kappa shape index (κ2) is 8.30. The normalized spacial score (nSPS) is 18.8. The van der Waals surface area contributed by atoms with Gasteiger partial charge in [0.25, 0.3) is 0 Å². The van der Waals surface area contributed by atoms with Crippen LogP contribution in [0.1, 0.15) is 25.8 Å². The fourth-order valence-electron chi connectivity index (χ4n) is 3.80. The van der Waals surface area contributed by atoms with E-state index in [2.05, 4.69) is 17.0 Å². The smallest absolute Gasteiger partial charge is 0.325 e. The Morgan fingerprint density at radius 2 is 1.64 bits per heavy atom. The van der Waals surface area contributed by atoms with Crippen LogP contribution >= 0.6 is 0 Å². The van der Waals surface area contributed by atoms with Crippen LogP contribution < -0.4 is 0 Å². The van der Waals surface area contributed by atoms with E-state index in [0.717, 1.165) is 24.2 Å². The Bertz CT molecular complexity index is 618. The molecule has 1 aromatic carbocycles. The average Bonchev–Trinajstić information content (AvgIpc) is 3.02. The van der Waals surface area contributed by atoms with Crippen LogP contribution in [-0.2, 0) is 25.5 Å². The fraction of sp³-hybridized carbons (Fsp3) is 0.500. The summed E-state index contributed by atoms with van der Waals surface area (Å²) in [6, 6.07) is 9.70. The first-order valence-electron chi connectivity index (χ1n) is 8.68. The summed E-state index contributed by atoms with van der Waals surface area (Å²) in [5.41, 5.74) is 0.877. The average molecular weight is 345 g/mol. The monoisotopic (exact) mass is 345 g/mol. The van der Waals surface area contributed by atoms with Crippen LogP contribution in [0.3, 0.4) is 0 Å². The SMILES string of the molecule is CCN(CC)C1C(Cc2ccccc2)=CCC1(C(=O)OC)C(=O)OC. The lowest BCUT2D eigenvalue weighted by molar-refractivity contribution is -0.172. The van der Waals surface area contributed by atoms with Crippen LogP contribution in [0, 0.1) is 5.41 Å². The molecular weight excluding hydrogens is 318 g/mol. The van der Waals surface area contributed by atoms with Crippen molar-refractivity contribution < 1.29 is 19.1 Å². The largest absolute Gasteiger partial charge is 0.468 e. The van der Waals surface area contributed by atoms with E-state index in [1.165, 1.54) is 14.2 Å². The number of rotatable bonds is 7. The summed E-state index contributed by atoms with van der Waals surface area (Å²) in [6.45, 7) is 5.51. The topological polar surface area (TPSA) is 55.8 Å². The summed E-state index contributed by atoms with van der Waals surface area (Å²) in [5, 5.41) is 0. The van der Waals surface area contributed by atoms with Crippen molar-refractivity contribution in [2.45, 2.75) is 32.7 Å². The van der Waals surface area contributed by atoms with Gasteiger partial charge in [-0.3, -0.25) is 14.5 Å². The molecule has 1 aliphatic rings. The van der Waals surface area contributed by atoms with E-state index >= 15 is 0 Å². The Morgan fingerprint density at radius 1 is 1.08 bits per heavy atom. The number of allylic oxidation sites excluding steroid dienone is 1. The highest BCUT2D eigenvalue weighted by atomic mass is 16.5. The summed E-state index contributed by atoms with van der Waals surface area (Å²) < 4.78 is 10.1. The molecule has 1 atom stereocenters. The minimum Gasteiger partial charge on any atom is -0.468 e. The Balaban J connectivity index is 2.47. The predicted molar refractivity (Wildman–Crippen MR) is 96.0 cm³/mol. The van der Waals surface area contributed by atoms with E-state index < -0.39 is 17.4 Å².